The molecule has 3 saturated carbocycles. The van der Waals surface area contributed by atoms with E-state index in [1.54, 1.807) is 0 Å². The second kappa shape index (κ2) is 5.49. The van der Waals surface area contributed by atoms with Crippen LogP contribution in [0.4, 0.5) is 0 Å². The van der Waals surface area contributed by atoms with Crippen molar-refractivity contribution in [3.63, 3.8) is 0 Å². The molecule has 0 radical (unpaired) electrons. The molecule has 3 aliphatic rings. The maximum Gasteiger partial charge on any atom is 0.351 e. The molecule has 136 valence electrons. The summed E-state index contributed by atoms with van der Waals surface area (Å²) in [6, 6.07) is 6.48. The van der Waals surface area contributed by atoms with Crippen molar-refractivity contribution in [3.05, 3.63) is 29.3 Å². The van der Waals surface area contributed by atoms with E-state index in [1.807, 2.05) is 20.8 Å². The normalized spacial score (nSPS) is 23.5. The van der Waals surface area contributed by atoms with E-state index in [1.165, 1.54) is 43.2 Å². The van der Waals surface area contributed by atoms with Crippen molar-refractivity contribution in [2.75, 3.05) is 0 Å². The van der Waals surface area contributed by atoms with Crippen molar-refractivity contribution in [3.8, 4) is 5.75 Å². The number of carbonyl (C=O) groups excluding carboxylic acids is 1. The third-order valence-electron chi connectivity index (χ3n) is 6.16. The number of ether oxygens (including phenoxy) is 2. The largest absolute Gasteiger partial charge is 0.475 e. The Morgan fingerprint density at radius 1 is 1.12 bits per heavy atom. The Labute approximate surface area is 151 Å². The Morgan fingerprint density at radius 3 is 2.32 bits per heavy atom. The van der Waals surface area contributed by atoms with Crippen LogP contribution in [0.2, 0.25) is 0 Å². The Kier molecular flexibility index (Phi) is 3.72. The molecule has 0 saturated heterocycles. The van der Waals surface area contributed by atoms with Gasteiger partial charge >= 0.3 is 5.97 Å². The minimum absolute atomic E-state index is 0.212. The minimum Gasteiger partial charge on any atom is -0.475 e. The van der Waals surface area contributed by atoms with Crippen LogP contribution < -0.4 is 4.74 Å². The zero-order valence-corrected chi connectivity index (χ0v) is 16.0. The van der Waals surface area contributed by atoms with Crippen LogP contribution in [-0.2, 0) is 9.53 Å². The molecule has 3 aliphatic carbocycles. The van der Waals surface area contributed by atoms with Crippen molar-refractivity contribution in [2.45, 2.75) is 89.8 Å². The molecule has 0 aromatic heterocycles. The molecular weight excluding hydrogens is 312 g/mol. The van der Waals surface area contributed by atoms with Gasteiger partial charge in [0, 0.05) is 12.8 Å². The highest BCUT2D eigenvalue weighted by atomic mass is 16.6. The van der Waals surface area contributed by atoms with Crippen molar-refractivity contribution < 1.29 is 14.3 Å². The second-order valence-corrected chi connectivity index (χ2v) is 9.60. The molecular formula is C22H30O3. The SMILES string of the molecule is Cc1ccc(C2CC3(CCC3)C2)c(OC2(C(=O)OC(C)(C)C)CC2)c1. The lowest BCUT2D eigenvalue weighted by molar-refractivity contribution is -0.165. The van der Waals surface area contributed by atoms with E-state index in [4.69, 9.17) is 9.47 Å². The standard InChI is InChI=1S/C22H30O3/c1-15-6-7-17(16-13-21(14-16)8-5-9-21)18(12-15)24-22(10-11-22)19(23)25-20(2,3)4/h6-7,12,16H,5,8-11,13-14H2,1-4H3. The first kappa shape index (κ1) is 16.9. The summed E-state index contributed by atoms with van der Waals surface area (Å²) < 4.78 is 11.9. The molecule has 0 bridgehead atoms. The summed E-state index contributed by atoms with van der Waals surface area (Å²) in [7, 11) is 0. The number of esters is 1. The first-order chi connectivity index (χ1) is 11.7. The summed E-state index contributed by atoms with van der Waals surface area (Å²) in [6.45, 7) is 7.81. The number of rotatable bonds is 4. The van der Waals surface area contributed by atoms with E-state index in [0.717, 1.165) is 18.6 Å². The van der Waals surface area contributed by atoms with Gasteiger partial charge in [0.05, 0.1) is 0 Å². The van der Waals surface area contributed by atoms with Crippen molar-refractivity contribution in [1.82, 2.24) is 0 Å². The van der Waals surface area contributed by atoms with Gasteiger partial charge in [-0.3, -0.25) is 0 Å². The lowest BCUT2D eigenvalue weighted by Crippen LogP contribution is -2.42. The molecule has 25 heavy (non-hydrogen) atoms. The van der Waals surface area contributed by atoms with Gasteiger partial charge in [0.1, 0.15) is 11.4 Å². The van der Waals surface area contributed by atoms with Crippen LogP contribution >= 0.6 is 0 Å². The van der Waals surface area contributed by atoms with Crippen LogP contribution in [-0.4, -0.2) is 17.2 Å². The lowest BCUT2D eigenvalue weighted by atomic mass is 9.50. The third-order valence-corrected chi connectivity index (χ3v) is 6.16. The second-order valence-electron chi connectivity index (χ2n) is 9.60. The van der Waals surface area contributed by atoms with Crippen LogP contribution in [0, 0.1) is 12.3 Å². The molecule has 3 fully saturated rings. The highest BCUT2D eigenvalue weighted by Crippen LogP contribution is 2.63. The van der Waals surface area contributed by atoms with E-state index in [-0.39, 0.29) is 5.97 Å². The number of hydrogen-bond acceptors (Lipinski definition) is 3. The molecule has 4 rings (SSSR count). The van der Waals surface area contributed by atoms with Gasteiger partial charge in [-0.2, -0.15) is 0 Å². The van der Waals surface area contributed by atoms with Crippen LogP contribution in [0.5, 0.6) is 5.75 Å². The zero-order chi connectivity index (χ0) is 17.9. The maximum atomic E-state index is 12.6. The van der Waals surface area contributed by atoms with Gasteiger partial charge in [0.15, 0.2) is 0 Å². The molecule has 1 aromatic carbocycles. The van der Waals surface area contributed by atoms with Gasteiger partial charge in [-0.15, -0.1) is 0 Å². The van der Waals surface area contributed by atoms with Crippen molar-refractivity contribution >= 4 is 5.97 Å². The van der Waals surface area contributed by atoms with Crippen molar-refractivity contribution in [1.29, 1.82) is 0 Å². The maximum absolute atomic E-state index is 12.6. The van der Waals surface area contributed by atoms with Gasteiger partial charge in [-0.05, 0) is 81.9 Å². The first-order valence-electron chi connectivity index (χ1n) is 9.74. The summed E-state index contributed by atoms with van der Waals surface area (Å²) in [5, 5.41) is 0. The van der Waals surface area contributed by atoms with E-state index in [0.29, 0.717) is 11.3 Å². The van der Waals surface area contributed by atoms with Gasteiger partial charge in [-0.1, -0.05) is 18.6 Å². The molecule has 0 amide bonds. The van der Waals surface area contributed by atoms with E-state index >= 15 is 0 Å². The predicted molar refractivity (Wildman–Crippen MR) is 97.9 cm³/mol. The zero-order valence-electron chi connectivity index (χ0n) is 16.0. The topological polar surface area (TPSA) is 35.5 Å². The van der Waals surface area contributed by atoms with Crippen LogP contribution in [0.15, 0.2) is 18.2 Å². The highest BCUT2D eigenvalue weighted by Gasteiger charge is 2.56. The molecule has 3 heteroatoms. The Bertz CT molecular complexity index is 682. The first-order valence-corrected chi connectivity index (χ1v) is 9.74. The van der Waals surface area contributed by atoms with Crippen LogP contribution in [0.25, 0.3) is 0 Å². The number of carbonyl (C=O) groups is 1. The van der Waals surface area contributed by atoms with Gasteiger partial charge in [0.25, 0.3) is 0 Å². The van der Waals surface area contributed by atoms with Crippen molar-refractivity contribution in [2.24, 2.45) is 5.41 Å². The summed E-state index contributed by atoms with van der Waals surface area (Å²) >= 11 is 0. The van der Waals surface area contributed by atoms with Gasteiger partial charge < -0.3 is 9.47 Å². The van der Waals surface area contributed by atoms with E-state index in [9.17, 15) is 4.79 Å². The molecule has 1 aromatic rings. The Balaban J connectivity index is 1.52. The van der Waals surface area contributed by atoms with E-state index in [2.05, 4.69) is 25.1 Å². The van der Waals surface area contributed by atoms with Crippen LogP contribution in [0.3, 0.4) is 0 Å². The number of hydrogen-bond donors (Lipinski definition) is 0. The smallest absolute Gasteiger partial charge is 0.351 e. The average Bonchev–Trinajstić information content (AvgIpc) is 3.17. The monoisotopic (exact) mass is 342 g/mol. The van der Waals surface area contributed by atoms with E-state index < -0.39 is 11.2 Å². The quantitative estimate of drug-likeness (QED) is 0.697. The lowest BCUT2D eigenvalue weighted by Gasteiger charge is -2.54. The fourth-order valence-corrected chi connectivity index (χ4v) is 4.40. The molecule has 0 heterocycles. The predicted octanol–water partition coefficient (Wildman–Crippen LogP) is 5.30. The van der Waals surface area contributed by atoms with Gasteiger partial charge in [-0.25, -0.2) is 4.79 Å². The molecule has 0 aliphatic heterocycles. The Hall–Kier alpha value is -1.51. The highest BCUT2D eigenvalue weighted by molar-refractivity contribution is 5.83. The average molecular weight is 342 g/mol. The molecule has 0 atom stereocenters. The third kappa shape index (κ3) is 3.18. The number of benzene rings is 1. The van der Waals surface area contributed by atoms with Crippen LogP contribution in [0.1, 0.15) is 82.8 Å². The summed E-state index contributed by atoms with van der Waals surface area (Å²) in [5.41, 5.74) is 1.87. The fourth-order valence-electron chi connectivity index (χ4n) is 4.40. The summed E-state index contributed by atoms with van der Waals surface area (Å²) in [4.78, 5) is 12.6. The Morgan fingerprint density at radius 2 is 1.80 bits per heavy atom. The summed E-state index contributed by atoms with van der Waals surface area (Å²) in [5.74, 6) is 1.28. The fraction of sp³-hybridized carbons (Fsp3) is 0.682. The number of aryl methyl sites for hydroxylation is 1. The minimum atomic E-state index is -0.756. The van der Waals surface area contributed by atoms with Gasteiger partial charge in [0.2, 0.25) is 5.60 Å². The molecule has 0 unspecified atom stereocenters. The molecule has 3 nitrogen and oxygen atoms in total. The summed E-state index contributed by atoms with van der Waals surface area (Å²) in [6.07, 6.45) is 8.26. The molecule has 0 N–H and O–H groups in total. The molecule has 1 spiro atoms.